The predicted octanol–water partition coefficient (Wildman–Crippen LogP) is 1.75. The zero-order valence-electron chi connectivity index (χ0n) is 19.6. The van der Waals surface area contributed by atoms with Crippen molar-refractivity contribution in [1.82, 2.24) is 18.1 Å². The minimum absolute atomic E-state index is 0.0181. The van der Waals surface area contributed by atoms with E-state index in [1.165, 1.54) is 24.3 Å². The van der Waals surface area contributed by atoms with Gasteiger partial charge in [-0.15, -0.1) is 0 Å². The Bertz CT molecular complexity index is 1800. The van der Waals surface area contributed by atoms with E-state index in [2.05, 4.69) is 4.98 Å². The molecule has 2 aromatic heterocycles. The Morgan fingerprint density at radius 3 is 2.53 bits per heavy atom. The number of nitrogens with zero attached hydrogens (tertiary/aromatic N) is 4. The molecule has 0 aliphatic heterocycles. The van der Waals surface area contributed by atoms with Crippen LogP contribution in [0.1, 0.15) is 22.3 Å². The predicted molar refractivity (Wildman–Crippen MR) is 132 cm³/mol. The number of aliphatic hydroxyl groups is 1. The summed E-state index contributed by atoms with van der Waals surface area (Å²) in [5, 5.41) is 8.71. The van der Waals surface area contributed by atoms with Crippen molar-refractivity contribution in [2.24, 2.45) is 0 Å². The average Bonchev–Trinajstić information content (AvgIpc) is 3.14. The molecule has 38 heavy (non-hydrogen) atoms. The van der Waals surface area contributed by atoms with Crippen molar-refractivity contribution < 1.29 is 31.8 Å². The molecule has 0 saturated heterocycles. The second-order valence-corrected chi connectivity index (χ2v) is 10.4. The highest BCUT2D eigenvalue weighted by Crippen LogP contribution is 2.21. The van der Waals surface area contributed by atoms with Crippen molar-refractivity contribution in [2.75, 3.05) is 12.9 Å². The zero-order valence-corrected chi connectivity index (χ0v) is 21.2. The number of ether oxygens (including phenoxy) is 1. The first-order valence-corrected chi connectivity index (χ1v) is 13.1. The summed E-state index contributed by atoms with van der Waals surface area (Å²) in [4.78, 5) is 42.0. The van der Waals surface area contributed by atoms with Gasteiger partial charge in [0.15, 0.2) is 5.02 Å². The Labute approximate surface area is 218 Å². The summed E-state index contributed by atoms with van der Waals surface area (Å²) in [6.07, 6.45) is 1.50. The van der Waals surface area contributed by atoms with Crippen LogP contribution in [0.3, 0.4) is 0 Å². The third-order valence-electron chi connectivity index (χ3n) is 5.45. The van der Waals surface area contributed by atoms with E-state index >= 15 is 0 Å². The highest BCUT2D eigenvalue weighted by Gasteiger charge is 2.23. The molecular formula is C23H19ClF2N4O7S. The van der Waals surface area contributed by atoms with Crippen molar-refractivity contribution in [3.05, 3.63) is 91.3 Å². The lowest BCUT2D eigenvalue weighted by Gasteiger charge is -2.11. The summed E-state index contributed by atoms with van der Waals surface area (Å²) in [6.45, 7) is -1.06. The van der Waals surface area contributed by atoms with E-state index in [4.69, 9.17) is 21.4 Å². The van der Waals surface area contributed by atoms with Gasteiger partial charge in [0.05, 0.1) is 36.9 Å². The number of aliphatic hydroxyl groups excluding tert-OH is 1. The van der Waals surface area contributed by atoms with Gasteiger partial charge in [-0.2, -0.15) is 3.97 Å². The fourth-order valence-corrected chi connectivity index (χ4v) is 4.82. The van der Waals surface area contributed by atoms with E-state index in [0.29, 0.717) is 20.2 Å². The summed E-state index contributed by atoms with van der Waals surface area (Å²) in [5.74, 6) is -2.69. The highest BCUT2D eigenvalue weighted by atomic mass is 35.5. The number of hydrogen-bond donors (Lipinski definition) is 1. The van der Waals surface area contributed by atoms with Crippen molar-refractivity contribution in [1.29, 1.82) is 0 Å². The third kappa shape index (κ3) is 5.23. The number of fused-ring (bicyclic) bond motifs is 1. The standard InChI is InChI=1S/C23H19ClF2N4O7S/c1-38(35,36)30-17-5-2-13(8-18(17)29(23(30)34)19(32)6-7-31)10-28-12-27-21(20(24)22(28)33)37-11-14-3-4-15(25)9-16(14)26/h2-5,8-9,12,31H,6-7,10-11H2,1H3. The van der Waals surface area contributed by atoms with E-state index in [1.807, 2.05) is 0 Å². The molecule has 4 rings (SSSR count). The fraction of sp³-hybridized carbons (Fsp3) is 0.217. The van der Waals surface area contributed by atoms with Crippen LogP contribution in [0.2, 0.25) is 5.02 Å². The molecule has 200 valence electrons. The number of carbonyl (C=O) groups excluding carboxylic acids is 1. The third-order valence-corrected chi connectivity index (χ3v) is 6.79. The van der Waals surface area contributed by atoms with E-state index in [0.717, 1.165) is 23.2 Å². The van der Waals surface area contributed by atoms with Crippen LogP contribution in [-0.2, 0) is 23.2 Å². The summed E-state index contributed by atoms with van der Waals surface area (Å²) >= 11 is 6.11. The summed E-state index contributed by atoms with van der Waals surface area (Å²) in [5.41, 5.74) is -1.53. The maximum atomic E-state index is 13.8. The van der Waals surface area contributed by atoms with Crippen molar-refractivity contribution in [3.8, 4) is 5.88 Å². The Morgan fingerprint density at radius 2 is 1.87 bits per heavy atom. The van der Waals surface area contributed by atoms with Crippen molar-refractivity contribution in [3.63, 3.8) is 0 Å². The smallest absolute Gasteiger partial charge is 0.349 e. The molecule has 0 atom stereocenters. The first-order valence-electron chi connectivity index (χ1n) is 10.8. The van der Waals surface area contributed by atoms with Crippen LogP contribution < -0.4 is 16.0 Å². The van der Waals surface area contributed by atoms with Gasteiger partial charge in [0.1, 0.15) is 24.6 Å². The number of hydrogen-bond acceptors (Lipinski definition) is 8. The maximum Gasteiger partial charge on any atom is 0.349 e. The topological polar surface area (TPSA) is 142 Å². The Kier molecular flexibility index (Phi) is 7.49. The van der Waals surface area contributed by atoms with Gasteiger partial charge >= 0.3 is 5.69 Å². The first-order chi connectivity index (χ1) is 17.9. The van der Waals surface area contributed by atoms with E-state index < -0.39 is 56.9 Å². The quantitative estimate of drug-likeness (QED) is 0.339. The summed E-state index contributed by atoms with van der Waals surface area (Å²) in [6, 6.07) is 7.03. The lowest BCUT2D eigenvalue weighted by Crippen LogP contribution is -2.32. The zero-order chi connectivity index (χ0) is 27.8. The van der Waals surface area contributed by atoms with Gasteiger partial charge in [-0.05, 0) is 29.8 Å². The number of carbonyl (C=O) groups is 1. The molecule has 2 heterocycles. The minimum atomic E-state index is -4.08. The summed E-state index contributed by atoms with van der Waals surface area (Å²) in [7, 11) is -4.08. The molecule has 0 unspecified atom stereocenters. The van der Waals surface area contributed by atoms with Crippen molar-refractivity contribution in [2.45, 2.75) is 19.6 Å². The molecule has 0 fully saturated rings. The molecule has 0 saturated carbocycles. The highest BCUT2D eigenvalue weighted by molar-refractivity contribution is 7.89. The van der Waals surface area contributed by atoms with E-state index in [9.17, 15) is 31.6 Å². The van der Waals surface area contributed by atoms with Crippen LogP contribution in [0.4, 0.5) is 8.78 Å². The molecule has 0 bridgehead atoms. The van der Waals surface area contributed by atoms with E-state index in [-0.39, 0.29) is 35.6 Å². The number of aromatic nitrogens is 4. The second-order valence-electron chi connectivity index (χ2n) is 8.16. The minimum Gasteiger partial charge on any atom is -0.471 e. The molecule has 0 radical (unpaired) electrons. The molecule has 15 heteroatoms. The maximum absolute atomic E-state index is 13.8. The SMILES string of the molecule is CS(=O)(=O)n1c(=O)n(C(=O)CCO)c2cc(Cn3cnc(OCc4ccc(F)cc4F)c(Cl)c3=O)ccc21. The Morgan fingerprint density at radius 1 is 1.13 bits per heavy atom. The van der Waals surface area contributed by atoms with Crippen LogP contribution in [0.15, 0.2) is 52.3 Å². The second kappa shape index (κ2) is 10.5. The molecule has 11 nitrogen and oxygen atoms in total. The van der Waals surface area contributed by atoms with Gasteiger partial charge in [-0.1, -0.05) is 17.7 Å². The van der Waals surface area contributed by atoms with Crippen LogP contribution in [0.5, 0.6) is 5.88 Å². The van der Waals surface area contributed by atoms with Gasteiger partial charge in [0.2, 0.25) is 21.8 Å². The first kappa shape index (κ1) is 27.2. The average molecular weight is 569 g/mol. The fourth-order valence-electron chi connectivity index (χ4n) is 3.73. The molecule has 0 aliphatic rings. The largest absolute Gasteiger partial charge is 0.471 e. The number of halogens is 3. The van der Waals surface area contributed by atoms with Gasteiger partial charge in [-0.3, -0.25) is 14.2 Å². The molecule has 0 spiro atoms. The molecule has 0 aliphatic carbocycles. The lowest BCUT2D eigenvalue weighted by atomic mass is 10.2. The van der Waals surface area contributed by atoms with Crippen LogP contribution in [0, 0.1) is 11.6 Å². The number of imidazole rings is 1. The molecule has 4 aromatic rings. The van der Waals surface area contributed by atoms with Gasteiger partial charge in [0.25, 0.3) is 5.56 Å². The summed E-state index contributed by atoms with van der Waals surface area (Å²) < 4.78 is 58.9. The molecule has 2 aromatic carbocycles. The van der Waals surface area contributed by atoms with Gasteiger partial charge < -0.3 is 9.84 Å². The molecule has 1 N–H and O–H groups in total. The normalized spacial score (nSPS) is 11.7. The number of benzene rings is 2. The Hall–Kier alpha value is -3.88. The van der Waals surface area contributed by atoms with Gasteiger partial charge in [-0.25, -0.2) is 31.5 Å². The monoisotopic (exact) mass is 568 g/mol. The van der Waals surface area contributed by atoms with Crippen LogP contribution >= 0.6 is 11.6 Å². The van der Waals surface area contributed by atoms with Gasteiger partial charge in [0, 0.05) is 11.6 Å². The van der Waals surface area contributed by atoms with Crippen molar-refractivity contribution >= 4 is 38.6 Å². The molecular weight excluding hydrogens is 550 g/mol. The van der Waals surface area contributed by atoms with Crippen LogP contribution in [-0.4, -0.2) is 50.4 Å². The lowest BCUT2D eigenvalue weighted by molar-refractivity contribution is 0.0876. The van der Waals surface area contributed by atoms with E-state index in [1.54, 1.807) is 0 Å². The number of rotatable bonds is 8. The Balaban J connectivity index is 1.67. The van der Waals surface area contributed by atoms with Crippen LogP contribution in [0.25, 0.3) is 11.0 Å². The molecule has 0 amide bonds.